The maximum absolute atomic E-state index is 13.4. The smallest absolute Gasteiger partial charge is 0.327 e. The standard InChI is InChI=1S/C30H24O3S/c31-27-20-30(24-15-6-2-7-16-24,25-17-8-3-9-18-25)33-29(32)28(27)34-21-23-14-10-11-19-26(23)22-12-4-1-5-13-22/h1-19,28H,20-21H2. The summed E-state index contributed by atoms with van der Waals surface area (Å²) in [6.45, 7) is 0. The fraction of sp³-hybridized carbons (Fsp3) is 0.133. The molecule has 4 heteroatoms. The predicted octanol–water partition coefficient (Wildman–Crippen LogP) is 6.42. The minimum absolute atomic E-state index is 0.105. The summed E-state index contributed by atoms with van der Waals surface area (Å²) < 4.78 is 6.15. The summed E-state index contributed by atoms with van der Waals surface area (Å²) >= 11 is 1.34. The van der Waals surface area contributed by atoms with E-state index in [1.54, 1.807) is 0 Å². The van der Waals surface area contributed by atoms with Crippen LogP contribution in [0.1, 0.15) is 23.1 Å². The van der Waals surface area contributed by atoms with Crippen LogP contribution < -0.4 is 0 Å². The Labute approximate surface area is 203 Å². The van der Waals surface area contributed by atoms with Crippen molar-refractivity contribution in [3.8, 4) is 11.1 Å². The van der Waals surface area contributed by atoms with Crippen molar-refractivity contribution in [2.75, 3.05) is 0 Å². The maximum Gasteiger partial charge on any atom is 0.327 e. The van der Waals surface area contributed by atoms with Crippen LogP contribution in [0.25, 0.3) is 11.1 Å². The lowest BCUT2D eigenvalue weighted by Crippen LogP contribution is -2.48. The highest BCUT2D eigenvalue weighted by Gasteiger charge is 2.49. The summed E-state index contributed by atoms with van der Waals surface area (Å²) in [4.78, 5) is 26.7. The predicted molar refractivity (Wildman–Crippen MR) is 136 cm³/mol. The first-order chi connectivity index (χ1) is 16.7. The first-order valence-electron chi connectivity index (χ1n) is 11.3. The number of ether oxygens (including phenoxy) is 1. The Morgan fingerprint density at radius 3 is 1.82 bits per heavy atom. The van der Waals surface area contributed by atoms with E-state index in [0.717, 1.165) is 27.8 Å². The number of ketones is 1. The highest BCUT2D eigenvalue weighted by Crippen LogP contribution is 2.43. The lowest BCUT2D eigenvalue weighted by atomic mass is 9.80. The molecule has 1 heterocycles. The first-order valence-corrected chi connectivity index (χ1v) is 12.3. The number of carbonyl (C=O) groups is 2. The SMILES string of the molecule is O=C1CC(c2ccccc2)(c2ccccc2)OC(=O)C1SCc1ccccc1-c1ccccc1. The number of hydrogen-bond acceptors (Lipinski definition) is 4. The van der Waals surface area contributed by atoms with E-state index < -0.39 is 16.8 Å². The van der Waals surface area contributed by atoms with Gasteiger partial charge < -0.3 is 4.74 Å². The third-order valence-electron chi connectivity index (χ3n) is 6.19. The molecule has 1 unspecified atom stereocenters. The van der Waals surface area contributed by atoms with E-state index in [4.69, 9.17) is 4.74 Å². The van der Waals surface area contributed by atoms with Crippen LogP contribution in [0.5, 0.6) is 0 Å². The number of thioether (sulfide) groups is 1. The lowest BCUT2D eigenvalue weighted by molar-refractivity contribution is -0.165. The van der Waals surface area contributed by atoms with Gasteiger partial charge in [-0.1, -0.05) is 115 Å². The van der Waals surface area contributed by atoms with Gasteiger partial charge in [0.25, 0.3) is 0 Å². The Hall–Kier alpha value is -3.63. The zero-order chi connectivity index (χ0) is 23.4. The molecule has 3 nitrogen and oxygen atoms in total. The number of rotatable bonds is 6. The van der Waals surface area contributed by atoms with Crippen molar-refractivity contribution in [3.05, 3.63) is 132 Å². The van der Waals surface area contributed by atoms with Crippen LogP contribution in [0.15, 0.2) is 115 Å². The van der Waals surface area contributed by atoms with Crippen LogP contribution in [0.4, 0.5) is 0 Å². The number of carbonyl (C=O) groups excluding carboxylic acids is 2. The molecular formula is C30H24O3S. The highest BCUT2D eigenvalue weighted by molar-refractivity contribution is 8.00. The Bertz CT molecular complexity index is 1230. The third kappa shape index (κ3) is 4.29. The molecule has 1 aliphatic rings. The molecule has 1 fully saturated rings. The summed E-state index contributed by atoms with van der Waals surface area (Å²) in [6.07, 6.45) is 0.116. The molecule has 168 valence electrons. The van der Waals surface area contributed by atoms with E-state index in [-0.39, 0.29) is 12.2 Å². The van der Waals surface area contributed by atoms with E-state index in [1.807, 2.05) is 97.1 Å². The number of Topliss-reactive ketones (excluding diaryl/α,β-unsaturated/α-hetero) is 1. The Kier molecular flexibility index (Phi) is 6.33. The molecule has 4 aromatic rings. The Balaban J connectivity index is 1.41. The zero-order valence-corrected chi connectivity index (χ0v) is 19.4. The van der Waals surface area contributed by atoms with Crippen LogP contribution in [-0.2, 0) is 25.7 Å². The lowest BCUT2D eigenvalue weighted by Gasteiger charge is -2.39. The van der Waals surface area contributed by atoms with Gasteiger partial charge in [-0.2, -0.15) is 0 Å². The quantitative estimate of drug-likeness (QED) is 0.244. The molecule has 0 amide bonds. The molecule has 0 aromatic heterocycles. The van der Waals surface area contributed by atoms with Crippen LogP contribution in [0.2, 0.25) is 0 Å². The van der Waals surface area contributed by atoms with Crippen LogP contribution in [-0.4, -0.2) is 17.0 Å². The van der Waals surface area contributed by atoms with Crippen LogP contribution in [0, 0.1) is 0 Å². The summed E-state index contributed by atoms with van der Waals surface area (Å²) in [5.74, 6) is -0.0439. The van der Waals surface area contributed by atoms with Crippen molar-refractivity contribution < 1.29 is 14.3 Å². The topological polar surface area (TPSA) is 43.4 Å². The van der Waals surface area contributed by atoms with Gasteiger partial charge in [-0.15, -0.1) is 11.8 Å². The van der Waals surface area contributed by atoms with Crippen molar-refractivity contribution in [3.63, 3.8) is 0 Å². The van der Waals surface area contributed by atoms with E-state index >= 15 is 0 Å². The Morgan fingerprint density at radius 1 is 0.706 bits per heavy atom. The molecule has 0 N–H and O–H groups in total. The second-order valence-electron chi connectivity index (χ2n) is 8.34. The molecule has 0 radical (unpaired) electrons. The largest absolute Gasteiger partial charge is 0.448 e. The van der Waals surface area contributed by atoms with Crippen LogP contribution in [0.3, 0.4) is 0 Å². The van der Waals surface area contributed by atoms with E-state index in [9.17, 15) is 9.59 Å². The van der Waals surface area contributed by atoms with Crippen molar-refractivity contribution in [2.45, 2.75) is 23.0 Å². The average Bonchev–Trinajstić information content (AvgIpc) is 2.90. The van der Waals surface area contributed by atoms with E-state index in [1.165, 1.54) is 11.8 Å². The molecule has 0 spiro atoms. The van der Waals surface area contributed by atoms with Gasteiger partial charge in [0.1, 0.15) is 0 Å². The van der Waals surface area contributed by atoms with Gasteiger partial charge in [0.15, 0.2) is 16.6 Å². The molecule has 0 bridgehead atoms. The maximum atomic E-state index is 13.4. The average molecular weight is 465 g/mol. The van der Waals surface area contributed by atoms with Gasteiger partial charge >= 0.3 is 5.97 Å². The Morgan fingerprint density at radius 2 is 1.24 bits per heavy atom. The van der Waals surface area contributed by atoms with Crippen molar-refractivity contribution >= 4 is 23.5 Å². The summed E-state index contributed by atoms with van der Waals surface area (Å²) in [7, 11) is 0. The van der Waals surface area contributed by atoms with Crippen molar-refractivity contribution in [2.24, 2.45) is 0 Å². The van der Waals surface area contributed by atoms with Crippen molar-refractivity contribution in [1.29, 1.82) is 0 Å². The minimum Gasteiger partial charge on any atom is -0.448 e. The van der Waals surface area contributed by atoms with Gasteiger partial charge in [-0.05, 0) is 16.7 Å². The first kappa shape index (κ1) is 22.2. The molecule has 0 saturated carbocycles. The number of esters is 1. The van der Waals surface area contributed by atoms with Gasteiger partial charge in [-0.3, -0.25) is 9.59 Å². The number of hydrogen-bond donors (Lipinski definition) is 0. The fourth-order valence-corrected chi connectivity index (χ4v) is 5.57. The normalized spacial score (nSPS) is 17.2. The van der Waals surface area contributed by atoms with E-state index in [0.29, 0.717) is 5.75 Å². The summed E-state index contributed by atoms with van der Waals surface area (Å²) in [6, 6.07) is 37.3. The molecule has 34 heavy (non-hydrogen) atoms. The molecule has 1 atom stereocenters. The molecule has 0 aliphatic carbocycles. The third-order valence-corrected chi connectivity index (χ3v) is 7.46. The van der Waals surface area contributed by atoms with E-state index in [2.05, 4.69) is 18.2 Å². The molecule has 4 aromatic carbocycles. The molecular weight excluding hydrogens is 440 g/mol. The molecule has 1 aliphatic heterocycles. The zero-order valence-electron chi connectivity index (χ0n) is 18.6. The van der Waals surface area contributed by atoms with Crippen molar-refractivity contribution in [1.82, 2.24) is 0 Å². The summed E-state index contributed by atoms with van der Waals surface area (Å²) in [5.41, 5.74) is 3.82. The monoisotopic (exact) mass is 464 g/mol. The second-order valence-corrected chi connectivity index (χ2v) is 9.43. The van der Waals surface area contributed by atoms with Crippen LogP contribution >= 0.6 is 11.8 Å². The second kappa shape index (κ2) is 9.70. The molecule has 5 rings (SSSR count). The number of benzene rings is 4. The highest BCUT2D eigenvalue weighted by atomic mass is 32.2. The fourth-order valence-electron chi connectivity index (χ4n) is 4.51. The molecule has 1 saturated heterocycles. The minimum atomic E-state index is -1.10. The van der Waals surface area contributed by atoms with Gasteiger partial charge in [0, 0.05) is 16.9 Å². The van der Waals surface area contributed by atoms with Gasteiger partial charge in [-0.25, -0.2) is 0 Å². The number of cyclic esters (lactones) is 1. The summed E-state index contributed by atoms with van der Waals surface area (Å²) in [5, 5.41) is -0.843. The van der Waals surface area contributed by atoms with Gasteiger partial charge in [0.2, 0.25) is 0 Å². The van der Waals surface area contributed by atoms with Gasteiger partial charge in [0.05, 0.1) is 6.42 Å².